The number of nitrogens with one attached hydrogen (secondary N) is 1. The lowest BCUT2D eigenvalue weighted by atomic mass is 10.3. The lowest BCUT2D eigenvalue weighted by molar-refractivity contribution is -0.123. The molecule has 0 saturated carbocycles. The van der Waals surface area contributed by atoms with E-state index in [2.05, 4.69) is 11.9 Å². The predicted octanol–water partition coefficient (Wildman–Crippen LogP) is 4.47. The van der Waals surface area contributed by atoms with E-state index in [0.717, 1.165) is 0 Å². The van der Waals surface area contributed by atoms with Gasteiger partial charge in [-0.05, 0) is 42.5 Å². The molecule has 3 rings (SSSR count). The molecule has 0 bridgehead atoms. The van der Waals surface area contributed by atoms with Crippen LogP contribution in [0.25, 0.3) is 0 Å². The Labute approximate surface area is 183 Å². The van der Waals surface area contributed by atoms with Gasteiger partial charge in [0.2, 0.25) is 0 Å². The number of rotatable bonds is 8. The normalized spacial score (nSPS) is 13.5. The zero-order valence-corrected chi connectivity index (χ0v) is 17.5. The van der Waals surface area contributed by atoms with Crippen molar-refractivity contribution in [3.63, 3.8) is 0 Å². The molecule has 2 aromatic carbocycles. The van der Waals surface area contributed by atoms with Crippen molar-refractivity contribution < 1.29 is 18.7 Å². The maximum absolute atomic E-state index is 14.1. The highest BCUT2D eigenvalue weighted by molar-refractivity contribution is 6.30. The van der Waals surface area contributed by atoms with Crippen molar-refractivity contribution in [2.75, 3.05) is 31.1 Å². The van der Waals surface area contributed by atoms with Crippen LogP contribution < -0.4 is 15.0 Å². The van der Waals surface area contributed by atoms with Crippen LogP contribution >= 0.6 is 23.2 Å². The molecule has 30 heavy (non-hydrogen) atoms. The fourth-order valence-corrected chi connectivity index (χ4v) is 3.25. The van der Waals surface area contributed by atoms with Crippen molar-refractivity contribution in [2.45, 2.75) is 6.42 Å². The monoisotopic (exact) mass is 451 g/mol. The second-order valence-electron chi connectivity index (χ2n) is 6.59. The molecule has 9 heteroatoms. The average molecular weight is 452 g/mol. The third kappa shape index (κ3) is 5.43. The zero-order chi connectivity index (χ0) is 21.7. The molecule has 0 unspecified atom stereocenters. The van der Waals surface area contributed by atoms with E-state index >= 15 is 0 Å². The largest absolute Gasteiger partial charge is 0.484 e. The molecule has 1 saturated heterocycles. The van der Waals surface area contributed by atoms with Crippen molar-refractivity contribution in [1.82, 2.24) is 10.2 Å². The summed E-state index contributed by atoms with van der Waals surface area (Å²) in [5, 5.41) is 3.56. The highest BCUT2D eigenvalue weighted by atomic mass is 35.5. The highest BCUT2D eigenvalue weighted by Gasteiger charge is 2.32. The number of halogens is 3. The topological polar surface area (TPSA) is 61.9 Å². The summed E-state index contributed by atoms with van der Waals surface area (Å²) in [6.07, 6.45) is 0.370. The van der Waals surface area contributed by atoms with Crippen LogP contribution in [0.5, 0.6) is 5.75 Å². The summed E-state index contributed by atoms with van der Waals surface area (Å²) in [5.74, 6) is -0.317. The summed E-state index contributed by atoms with van der Waals surface area (Å²) in [4.78, 5) is 27.4. The lowest BCUT2D eigenvalue weighted by Gasteiger charge is -2.21. The number of nitrogens with zero attached hydrogens (tertiary/aromatic N) is 2. The number of benzene rings is 2. The van der Waals surface area contributed by atoms with Crippen LogP contribution in [0.4, 0.5) is 14.9 Å². The lowest BCUT2D eigenvalue weighted by Crippen LogP contribution is -2.34. The van der Waals surface area contributed by atoms with Crippen LogP contribution in [-0.4, -0.2) is 43.1 Å². The molecular formula is C21H20Cl2FN3O3. The third-order valence-corrected chi connectivity index (χ3v) is 5.00. The first kappa shape index (κ1) is 21.9. The van der Waals surface area contributed by atoms with Crippen molar-refractivity contribution >= 4 is 40.8 Å². The maximum atomic E-state index is 14.1. The molecule has 0 spiro atoms. The second kappa shape index (κ2) is 9.82. The number of hydrogen-bond acceptors (Lipinski definition) is 3. The Morgan fingerprint density at radius 3 is 2.53 bits per heavy atom. The Morgan fingerprint density at radius 2 is 1.83 bits per heavy atom. The number of anilines is 1. The van der Waals surface area contributed by atoms with Gasteiger partial charge in [-0.15, -0.1) is 0 Å². The average Bonchev–Trinajstić information content (AvgIpc) is 3.09. The van der Waals surface area contributed by atoms with E-state index in [4.69, 9.17) is 27.9 Å². The minimum absolute atomic E-state index is 0.139. The number of carbonyl (C=O) groups excluding carboxylic acids is 2. The summed E-state index contributed by atoms with van der Waals surface area (Å²) in [6.45, 7) is 4.79. The number of ether oxygens (including phenoxy) is 1. The van der Waals surface area contributed by atoms with Crippen molar-refractivity contribution in [2.24, 2.45) is 0 Å². The van der Waals surface area contributed by atoms with Crippen LogP contribution in [0.3, 0.4) is 0 Å². The van der Waals surface area contributed by atoms with Gasteiger partial charge in [0.1, 0.15) is 11.6 Å². The zero-order valence-electron chi connectivity index (χ0n) is 16.0. The molecule has 6 nitrogen and oxygen atoms in total. The Hall–Kier alpha value is -2.77. The molecule has 3 amide bonds. The minimum atomic E-state index is -0.559. The molecular weight excluding hydrogens is 432 g/mol. The van der Waals surface area contributed by atoms with Crippen molar-refractivity contribution in [3.05, 3.63) is 70.6 Å². The maximum Gasteiger partial charge on any atom is 0.328 e. The quantitative estimate of drug-likeness (QED) is 0.643. The summed E-state index contributed by atoms with van der Waals surface area (Å²) in [6, 6.07) is 10.5. The van der Waals surface area contributed by atoms with Crippen LogP contribution in [0, 0.1) is 5.82 Å². The first-order chi connectivity index (χ1) is 14.3. The smallest absolute Gasteiger partial charge is 0.328 e. The Balaban J connectivity index is 1.44. The molecule has 1 heterocycles. The van der Waals surface area contributed by atoms with Gasteiger partial charge in [0, 0.05) is 41.8 Å². The Morgan fingerprint density at radius 1 is 1.13 bits per heavy atom. The van der Waals surface area contributed by atoms with E-state index in [1.165, 1.54) is 28.0 Å². The van der Waals surface area contributed by atoms with Gasteiger partial charge >= 0.3 is 6.03 Å². The molecule has 1 N–H and O–H groups in total. The number of amides is 3. The van der Waals surface area contributed by atoms with Gasteiger partial charge in [-0.1, -0.05) is 29.8 Å². The molecule has 158 valence electrons. The van der Waals surface area contributed by atoms with E-state index in [-0.39, 0.29) is 29.3 Å². The number of hydrogen-bond donors (Lipinski definition) is 1. The Bertz CT molecular complexity index is 953. The predicted molar refractivity (Wildman–Crippen MR) is 115 cm³/mol. The van der Waals surface area contributed by atoms with Crippen LogP contribution in [0.2, 0.25) is 10.0 Å². The van der Waals surface area contributed by atoms with Crippen molar-refractivity contribution in [3.8, 4) is 5.75 Å². The molecule has 1 aliphatic rings. The van der Waals surface area contributed by atoms with Gasteiger partial charge in [-0.2, -0.15) is 0 Å². The summed E-state index contributed by atoms with van der Waals surface area (Å²) >= 11 is 11.6. The molecule has 1 fully saturated rings. The van der Waals surface area contributed by atoms with Gasteiger partial charge in [-0.25, -0.2) is 9.18 Å². The molecule has 0 radical (unpaired) electrons. The second-order valence-corrected chi connectivity index (χ2v) is 7.46. The highest BCUT2D eigenvalue weighted by Crippen LogP contribution is 2.27. The van der Waals surface area contributed by atoms with E-state index in [1.54, 1.807) is 24.3 Å². The van der Waals surface area contributed by atoms with Gasteiger partial charge in [0.05, 0.1) is 5.69 Å². The molecule has 0 atom stereocenters. The number of carbonyl (C=O) groups is 2. The van der Waals surface area contributed by atoms with Gasteiger partial charge in [-0.3, -0.25) is 14.6 Å². The van der Waals surface area contributed by atoms with E-state index in [0.29, 0.717) is 42.5 Å². The van der Waals surface area contributed by atoms with Crippen LogP contribution in [0.15, 0.2) is 54.7 Å². The van der Waals surface area contributed by atoms with Crippen LogP contribution in [0.1, 0.15) is 6.42 Å². The van der Waals surface area contributed by atoms with E-state index in [1.807, 2.05) is 0 Å². The first-order valence-electron chi connectivity index (χ1n) is 9.22. The van der Waals surface area contributed by atoms with Gasteiger partial charge in [0.25, 0.3) is 5.91 Å². The summed E-state index contributed by atoms with van der Waals surface area (Å²) < 4.78 is 19.5. The summed E-state index contributed by atoms with van der Waals surface area (Å²) in [5.41, 5.74) is 0.711. The summed E-state index contributed by atoms with van der Waals surface area (Å²) in [7, 11) is 0. The van der Waals surface area contributed by atoms with Gasteiger partial charge < -0.3 is 10.1 Å². The fourth-order valence-electron chi connectivity index (χ4n) is 2.97. The van der Waals surface area contributed by atoms with Crippen LogP contribution in [-0.2, 0) is 4.79 Å². The molecule has 2 aromatic rings. The third-order valence-electron chi connectivity index (χ3n) is 4.51. The molecule has 0 aromatic heterocycles. The number of urea groups is 1. The standard InChI is InChI=1S/C21H20Cl2FN3O3/c1-14(8-9-25-20(28)13-30-17-5-2-15(22)3-6-17)26-10-11-27(21(26)29)19-7-4-16(23)12-18(19)24/h2-7,12H,1,8-11,13H2,(H,25,28). The SMILES string of the molecule is C=C(CCNC(=O)COc1ccc(Cl)cc1)N1CCN(c2ccc(Cl)cc2F)C1=O. The first-order valence-corrected chi connectivity index (χ1v) is 9.97. The van der Waals surface area contributed by atoms with Gasteiger partial charge in [0.15, 0.2) is 6.61 Å². The minimum Gasteiger partial charge on any atom is -0.484 e. The fraction of sp³-hybridized carbons (Fsp3) is 0.238. The Kier molecular flexibility index (Phi) is 7.18. The van der Waals surface area contributed by atoms with Crippen molar-refractivity contribution in [1.29, 1.82) is 0 Å². The van der Waals surface area contributed by atoms with E-state index in [9.17, 15) is 14.0 Å². The van der Waals surface area contributed by atoms with E-state index < -0.39 is 5.82 Å². The molecule has 0 aliphatic carbocycles. The molecule has 1 aliphatic heterocycles.